The molecule has 1 saturated heterocycles. The Hall–Kier alpha value is -1.17. The fourth-order valence-corrected chi connectivity index (χ4v) is 3.50. The number of carboxylic acids is 1. The molecule has 2 rings (SSSR count). The molecule has 1 fully saturated rings. The van der Waals surface area contributed by atoms with E-state index in [-0.39, 0.29) is 0 Å². The number of rotatable bonds is 6. The van der Waals surface area contributed by atoms with Gasteiger partial charge in [-0.25, -0.2) is 4.79 Å². The van der Waals surface area contributed by atoms with Crippen LogP contribution >= 0.6 is 11.3 Å². The number of thiophene rings is 1. The highest BCUT2D eigenvalue weighted by atomic mass is 32.1. The van der Waals surface area contributed by atoms with Gasteiger partial charge in [0.25, 0.3) is 0 Å². The zero-order valence-electron chi connectivity index (χ0n) is 12.8. The van der Waals surface area contributed by atoms with Gasteiger partial charge in [0.15, 0.2) is 0 Å². The smallest absolute Gasteiger partial charge is 0.328 e. The summed E-state index contributed by atoms with van der Waals surface area (Å²) in [7, 11) is 0. The van der Waals surface area contributed by atoms with Crippen LogP contribution in [0, 0.1) is 5.92 Å². The lowest BCUT2D eigenvalue weighted by atomic mass is 10.2. The van der Waals surface area contributed by atoms with Gasteiger partial charge >= 0.3 is 5.97 Å². The second-order valence-corrected chi connectivity index (χ2v) is 6.98. The van der Waals surface area contributed by atoms with Crippen molar-refractivity contribution in [2.24, 2.45) is 5.92 Å². The van der Waals surface area contributed by atoms with Gasteiger partial charge in [-0.3, -0.25) is 4.90 Å². The van der Waals surface area contributed by atoms with Crippen LogP contribution < -0.4 is 0 Å². The topological polar surface area (TPSA) is 43.8 Å². The standard InChI is InChI=1S/C16H24N2O2S/c1-13(2)10-17-5-7-18(8-6-17)11-15-9-14(12-21-15)3-4-16(19)20/h3-4,9,12-13H,5-8,10-11H2,1-2H3,(H,19,20). The molecule has 0 radical (unpaired) electrons. The van der Waals surface area contributed by atoms with Gasteiger partial charge in [-0.15, -0.1) is 11.3 Å². The Morgan fingerprint density at radius 3 is 2.62 bits per heavy atom. The highest BCUT2D eigenvalue weighted by Gasteiger charge is 2.17. The third-order valence-electron chi connectivity index (χ3n) is 3.56. The van der Waals surface area contributed by atoms with Crippen molar-refractivity contribution >= 4 is 23.4 Å². The maximum Gasteiger partial charge on any atom is 0.328 e. The Balaban J connectivity index is 1.80. The van der Waals surface area contributed by atoms with Gasteiger partial charge in [0, 0.05) is 50.2 Å². The quantitative estimate of drug-likeness (QED) is 0.821. The van der Waals surface area contributed by atoms with Crippen LogP contribution in [0.5, 0.6) is 0 Å². The molecule has 1 aromatic heterocycles. The van der Waals surface area contributed by atoms with Crippen LogP contribution in [0.4, 0.5) is 0 Å². The van der Waals surface area contributed by atoms with Crippen LogP contribution in [0.2, 0.25) is 0 Å². The van der Waals surface area contributed by atoms with E-state index in [4.69, 9.17) is 5.11 Å². The lowest BCUT2D eigenvalue weighted by Gasteiger charge is -2.35. The number of aliphatic carboxylic acids is 1. The zero-order valence-corrected chi connectivity index (χ0v) is 13.6. The van der Waals surface area contributed by atoms with Crippen molar-refractivity contribution < 1.29 is 9.90 Å². The van der Waals surface area contributed by atoms with Crippen molar-refractivity contribution in [2.45, 2.75) is 20.4 Å². The minimum atomic E-state index is -0.899. The number of hydrogen-bond acceptors (Lipinski definition) is 4. The normalized spacial score (nSPS) is 17.9. The van der Waals surface area contributed by atoms with E-state index in [0.717, 1.165) is 44.2 Å². The molecule has 1 aliphatic heterocycles. The van der Waals surface area contributed by atoms with Crippen molar-refractivity contribution in [3.8, 4) is 0 Å². The van der Waals surface area contributed by atoms with Gasteiger partial charge in [-0.1, -0.05) is 13.8 Å². The second-order valence-electron chi connectivity index (χ2n) is 5.99. The first-order valence-corrected chi connectivity index (χ1v) is 8.34. The molecule has 2 heterocycles. The van der Waals surface area contributed by atoms with Gasteiger partial charge in [-0.2, -0.15) is 0 Å². The van der Waals surface area contributed by atoms with Gasteiger partial charge in [0.05, 0.1) is 0 Å². The van der Waals surface area contributed by atoms with Gasteiger partial charge < -0.3 is 10.0 Å². The van der Waals surface area contributed by atoms with E-state index in [0.29, 0.717) is 0 Å². The summed E-state index contributed by atoms with van der Waals surface area (Å²) in [5, 5.41) is 10.7. The van der Waals surface area contributed by atoms with E-state index in [1.807, 2.05) is 5.38 Å². The van der Waals surface area contributed by atoms with Crippen molar-refractivity contribution in [2.75, 3.05) is 32.7 Å². The first kappa shape index (κ1) is 16.2. The molecule has 116 valence electrons. The third-order valence-corrected chi connectivity index (χ3v) is 4.50. The van der Waals surface area contributed by atoms with Gasteiger partial charge in [0.2, 0.25) is 0 Å². The average molecular weight is 308 g/mol. The molecule has 1 N–H and O–H groups in total. The average Bonchev–Trinajstić information content (AvgIpc) is 2.86. The van der Waals surface area contributed by atoms with E-state index in [1.54, 1.807) is 17.4 Å². The second kappa shape index (κ2) is 7.73. The first-order chi connectivity index (χ1) is 10.0. The predicted octanol–water partition coefficient (Wildman–Crippen LogP) is 2.62. The van der Waals surface area contributed by atoms with Crippen LogP contribution in [0.25, 0.3) is 6.08 Å². The third kappa shape index (κ3) is 5.61. The maximum absolute atomic E-state index is 10.5. The summed E-state index contributed by atoms with van der Waals surface area (Å²) in [6.45, 7) is 11.2. The molecule has 0 aromatic carbocycles. The number of nitrogens with zero attached hydrogens (tertiary/aromatic N) is 2. The Kier molecular flexibility index (Phi) is 5.96. The summed E-state index contributed by atoms with van der Waals surface area (Å²) in [5.74, 6) is -0.165. The lowest BCUT2D eigenvalue weighted by molar-refractivity contribution is -0.131. The van der Waals surface area contributed by atoms with Crippen molar-refractivity contribution in [1.82, 2.24) is 9.80 Å². The Morgan fingerprint density at radius 2 is 2.00 bits per heavy atom. The molecule has 0 bridgehead atoms. The molecular weight excluding hydrogens is 284 g/mol. The number of piperazine rings is 1. The maximum atomic E-state index is 10.5. The Bertz CT molecular complexity index is 488. The van der Waals surface area contributed by atoms with Crippen molar-refractivity contribution in [1.29, 1.82) is 0 Å². The SMILES string of the molecule is CC(C)CN1CCN(Cc2cc(C=CC(=O)O)cs2)CC1. The lowest BCUT2D eigenvalue weighted by Crippen LogP contribution is -2.46. The molecule has 0 saturated carbocycles. The van der Waals surface area contributed by atoms with Gasteiger partial charge in [-0.05, 0) is 29.0 Å². The predicted molar refractivity (Wildman–Crippen MR) is 87.5 cm³/mol. The fraction of sp³-hybridized carbons (Fsp3) is 0.562. The highest BCUT2D eigenvalue weighted by molar-refractivity contribution is 7.10. The summed E-state index contributed by atoms with van der Waals surface area (Å²) < 4.78 is 0. The molecule has 0 unspecified atom stereocenters. The summed E-state index contributed by atoms with van der Waals surface area (Å²) in [4.78, 5) is 16.8. The van der Waals surface area contributed by atoms with E-state index in [2.05, 4.69) is 29.7 Å². The number of carbonyl (C=O) groups is 1. The first-order valence-electron chi connectivity index (χ1n) is 7.46. The molecule has 1 aromatic rings. The molecule has 0 spiro atoms. The van der Waals surface area contributed by atoms with E-state index >= 15 is 0 Å². The molecule has 4 nitrogen and oxygen atoms in total. The van der Waals surface area contributed by atoms with Crippen LogP contribution in [-0.4, -0.2) is 53.6 Å². The summed E-state index contributed by atoms with van der Waals surface area (Å²) in [6.07, 6.45) is 2.85. The van der Waals surface area contributed by atoms with Crippen LogP contribution in [0.15, 0.2) is 17.5 Å². The highest BCUT2D eigenvalue weighted by Crippen LogP contribution is 2.19. The molecule has 0 amide bonds. The number of hydrogen-bond donors (Lipinski definition) is 1. The minimum Gasteiger partial charge on any atom is -0.478 e. The molecular formula is C16H24N2O2S. The molecule has 5 heteroatoms. The van der Waals surface area contributed by atoms with Crippen LogP contribution in [-0.2, 0) is 11.3 Å². The van der Waals surface area contributed by atoms with E-state index in [1.165, 1.54) is 17.5 Å². The van der Waals surface area contributed by atoms with E-state index < -0.39 is 5.97 Å². The molecule has 0 aliphatic carbocycles. The summed E-state index contributed by atoms with van der Waals surface area (Å²) >= 11 is 1.71. The minimum absolute atomic E-state index is 0.734. The fourth-order valence-electron chi connectivity index (χ4n) is 2.60. The van der Waals surface area contributed by atoms with E-state index in [9.17, 15) is 4.79 Å². The zero-order chi connectivity index (χ0) is 15.2. The summed E-state index contributed by atoms with van der Waals surface area (Å²) in [5.41, 5.74) is 0.982. The molecule has 1 aliphatic rings. The molecule has 21 heavy (non-hydrogen) atoms. The summed E-state index contributed by atoms with van der Waals surface area (Å²) in [6, 6.07) is 2.09. The van der Waals surface area contributed by atoms with Crippen molar-refractivity contribution in [3.63, 3.8) is 0 Å². The number of carboxylic acid groups (broad SMARTS) is 1. The van der Waals surface area contributed by atoms with Crippen molar-refractivity contribution in [3.05, 3.63) is 28.0 Å². The van der Waals surface area contributed by atoms with Crippen LogP contribution in [0.3, 0.4) is 0 Å². The Morgan fingerprint density at radius 1 is 1.33 bits per heavy atom. The monoisotopic (exact) mass is 308 g/mol. The van der Waals surface area contributed by atoms with Gasteiger partial charge in [0.1, 0.15) is 0 Å². The molecule has 0 atom stereocenters. The Labute approximate surface area is 130 Å². The van der Waals surface area contributed by atoms with Crippen LogP contribution in [0.1, 0.15) is 24.3 Å². The largest absolute Gasteiger partial charge is 0.478 e.